The van der Waals surface area contributed by atoms with Crippen LogP contribution in [-0.2, 0) is 10.8 Å². The first-order chi connectivity index (χ1) is 29.1. The van der Waals surface area contributed by atoms with Crippen molar-refractivity contribution in [3.05, 3.63) is 246 Å². The van der Waals surface area contributed by atoms with E-state index in [1.54, 1.807) is 0 Å². The molecule has 0 amide bonds. The Balaban J connectivity index is 1.16. The zero-order valence-corrected chi connectivity index (χ0v) is 33.2. The van der Waals surface area contributed by atoms with Gasteiger partial charge in [-0.1, -0.05) is 202 Å². The van der Waals surface area contributed by atoms with E-state index in [-0.39, 0.29) is 5.41 Å². The van der Waals surface area contributed by atoms with E-state index in [9.17, 15) is 0 Å². The number of fused-ring (bicyclic) bond motifs is 13. The largest absolute Gasteiger partial charge is 0.309 e. The van der Waals surface area contributed by atoms with Crippen LogP contribution in [-0.4, -0.2) is 0 Å². The lowest BCUT2D eigenvalue weighted by molar-refractivity contribution is 0.660. The second-order valence-electron chi connectivity index (χ2n) is 16.8. The van der Waals surface area contributed by atoms with Crippen LogP contribution in [0.5, 0.6) is 0 Å². The zero-order valence-electron chi connectivity index (χ0n) is 33.2. The molecular formula is C58H41N. The van der Waals surface area contributed by atoms with Crippen LogP contribution in [0.4, 0.5) is 17.1 Å². The van der Waals surface area contributed by atoms with Gasteiger partial charge < -0.3 is 4.90 Å². The summed E-state index contributed by atoms with van der Waals surface area (Å²) in [4.78, 5) is 2.53. The van der Waals surface area contributed by atoms with Crippen molar-refractivity contribution in [1.29, 1.82) is 0 Å². The second-order valence-corrected chi connectivity index (χ2v) is 16.8. The molecule has 9 aromatic carbocycles. The monoisotopic (exact) mass is 751 g/mol. The van der Waals surface area contributed by atoms with Gasteiger partial charge in [0.2, 0.25) is 0 Å². The normalized spacial score (nSPS) is 14.2. The van der Waals surface area contributed by atoms with E-state index in [2.05, 4.69) is 231 Å². The number of rotatable bonds is 5. The number of para-hydroxylation sites is 2. The van der Waals surface area contributed by atoms with Crippen LogP contribution in [0.1, 0.15) is 47.2 Å². The molecule has 0 saturated carbocycles. The van der Waals surface area contributed by atoms with Gasteiger partial charge in [-0.05, 0) is 102 Å². The summed E-state index contributed by atoms with van der Waals surface area (Å²) >= 11 is 0. The van der Waals surface area contributed by atoms with Crippen molar-refractivity contribution >= 4 is 17.1 Å². The Morgan fingerprint density at radius 3 is 1.37 bits per heavy atom. The first-order valence-corrected chi connectivity index (χ1v) is 20.8. The third-order valence-corrected chi connectivity index (χ3v) is 13.5. The quantitative estimate of drug-likeness (QED) is 0.169. The molecule has 1 heteroatoms. The number of benzene rings is 9. The van der Waals surface area contributed by atoms with Crippen LogP contribution in [0.2, 0.25) is 0 Å². The fourth-order valence-electron chi connectivity index (χ4n) is 11.0. The van der Waals surface area contributed by atoms with Gasteiger partial charge in [0.25, 0.3) is 0 Å². The molecule has 0 heterocycles. The lowest BCUT2D eigenvalue weighted by Gasteiger charge is -2.33. The van der Waals surface area contributed by atoms with Crippen molar-refractivity contribution in [2.75, 3.05) is 4.90 Å². The summed E-state index contributed by atoms with van der Waals surface area (Å²) in [7, 11) is 0. The van der Waals surface area contributed by atoms with Gasteiger partial charge in [0.1, 0.15) is 0 Å². The molecule has 0 radical (unpaired) electrons. The fraction of sp³-hybridized carbons (Fsp3) is 0.0690. The van der Waals surface area contributed by atoms with E-state index in [0.717, 1.165) is 17.1 Å². The highest BCUT2D eigenvalue weighted by molar-refractivity contribution is 6.01. The summed E-state index contributed by atoms with van der Waals surface area (Å²) in [5.41, 5.74) is 23.7. The molecule has 0 saturated heterocycles. The third kappa shape index (κ3) is 4.62. The maximum absolute atomic E-state index is 2.53. The van der Waals surface area contributed by atoms with Crippen molar-refractivity contribution in [1.82, 2.24) is 0 Å². The Morgan fingerprint density at radius 2 is 0.746 bits per heavy atom. The maximum atomic E-state index is 2.53. The van der Waals surface area contributed by atoms with Gasteiger partial charge in [0.15, 0.2) is 0 Å². The van der Waals surface area contributed by atoms with Crippen molar-refractivity contribution in [3.63, 3.8) is 0 Å². The predicted molar refractivity (Wildman–Crippen MR) is 246 cm³/mol. The van der Waals surface area contributed by atoms with Gasteiger partial charge in [-0.25, -0.2) is 0 Å². The molecular weight excluding hydrogens is 711 g/mol. The molecule has 0 atom stereocenters. The van der Waals surface area contributed by atoms with E-state index in [4.69, 9.17) is 0 Å². The Hall–Kier alpha value is -7.22. The smallest absolute Gasteiger partial charge is 0.0726 e. The van der Waals surface area contributed by atoms with Crippen LogP contribution in [0.15, 0.2) is 212 Å². The third-order valence-electron chi connectivity index (χ3n) is 13.5. The summed E-state index contributed by atoms with van der Waals surface area (Å²) < 4.78 is 0. The minimum atomic E-state index is -0.450. The molecule has 3 aliphatic rings. The molecule has 0 bridgehead atoms. The fourth-order valence-corrected chi connectivity index (χ4v) is 11.0. The first-order valence-electron chi connectivity index (χ1n) is 20.8. The van der Waals surface area contributed by atoms with Gasteiger partial charge >= 0.3 is 0 Å². The molecule has 9 aromatic rings. The van der Waals surface area contributed by atoms with Crippen LogP contribution < -0.4 is 4.90 Å². The van der Waals surface area contributed by atoms with Gasteiger partial charge in [-0.15, -0.1) is 0 Å². The molecule has 0 aromatic heterocycles. The highest BCUT2D eigenvalue weighted by Crippen LogP contribution is 2.63. The number of hydrogen-bond acceptors (Lipinski definition) is 1. The lowest BCUT2D eigenvalue weighted by Crippen LogP contribution is -2.26. The summed E-state index contributed by atoms with van der Waals surface area (Å²) in [5.74, 6) is 0. The van der Waals surface area contributed by atoms with Gasteiger partial charge in [0.05, 0.1) is 16.8 Å². The van der Waals surface area contributed by atoms with E-state index in [1.165, 1.54) is 89.0 Å². The average molecular weight is 752 g/mol. The van der Waals surface area contributed by atoms with Crippen molar-refractivity contribution < 1.29 is 0 Å². The molecule has 0 aliphatic heterocycles. The second kappa shape index (κ2) is 12.6. The van der Waals surface area contributed by atoms with Crippen LogP contribution in [0, 0.1) is 0 Å². The summed E-state index contributed by atoms with van der Waals surface area (Å²) in [6.07, 6.45) is 0. The van der Waals surface area contributed by atoms with Gasteiger partial charge in [-0.2, -0.15) is 0 Å². The Kier molecular flexibility index (Phi) is 7.26. The predicted octanol–water partition coefficient (Wildman–Crippen LogP) is 15.1. The lowest BCUT2D eigenvalue weighted by atomic mass is 9.70. The van der Waals surface area contributed by atoms with Crippen LogP contribution in [0.25, 0.3) is 55.6 Å². The number of hydrogen-bond donors (Lipinski definition) is 0. The van der Waals surface area contributed by atoms with E-state index >= 15 is 0 Å². The molecule has 1 spiro atoms. The maximum Gasteiger partial charge on any atom is 0.0726 e. The zero-order chi connectivity index (χ0) is 39.3. The van der Waals surface area contributed by atoms with Crippen LogP contribution in [0.3, 0.4) is 0 Å². The minimum Gasteiger partial charge on any atom is -0.309 e. The molecule has 0 fully saturated rings. The van der Waals surface area contributed by atoms with Crippen LogP contribution >= 0.6 is 0 Å². The highest BCUT2D eigenvalue weighted by Gasteiger charge is 2.51. The molecule has 3 aliphatic carbocycles. The molecule has 59 heavy (non-hydrogen) atoms. The summed E-state index contributed by atoms with van der Waals surface area (Å²) in [6, 6.07) is 79.2. The molecule has 278 valence electrons. The molecule has 1 nitrogen and oxygen atoms in total. The Bertz CT molecular complexity index is 3090. The first kappa shape index (κ1) is 33.9. The summed E-state index contributed by atoms with van der Waals surface area (Å²) in [5, 5.41) is 0. The van der Waals surface area contributed by atoms with Gasteiger partial charge in [-0.3, -0.25) is 0 Å². The SMILES string of the molecule is CC1(C)c2ccccc2-c2c(-c3ccccc3N(c3ccc4c(c3)C3(c5ccccc5-c5ccccc53)c3ccccc3-4)c3ccccc3-c3ccccc3)cccc21. The molecule has 0 unspecified atom stereocenters. The van der Waals surface area contributed by atoms with E-state index < -0.39 is 5.41 Å². The van der Waals surface area contributed by atoms with E-state index in [0.29, 0.717) is 0 Å². The van der Waals surface area contributed by atoms with Crippen molar-refractivity contribution in [2.45, 2.75) is 24.7 Å². The number of anilines is 3. The topological polar surface area (TPSA) is 3.24 Å². The Morgan fingerprint density at radius 1 is 0.305 bits per heavy atom. The van der Waals surface area contributed by atoms with Crippen molar-refractivity contribution in [3.8, 4) is 55.6 Å². The van der Waals surface area contributed by atoms with Gasteiger partial charge in [0, 0.05) is 22.2 Å². The molecule has 12 rings (SSSR count). The highest BCUT2D eigenvalue weighted by atomic mass is 15.1. The van der Waals surface area contributed by atoms with E-state index in [1.807, 2.05) is 0 Å². The molecule has 0 N–H and O–H groups in total. The van der Waals surface area contributed by atoms with Crippen molar-refractivity contribution in [2.24, 2.45) is 0 Å². The summed E-state index contributed by atoms with van der Waals surface area (Å²) in [6.45, 7) is 4.74. The minimum absolute atomic E-state index is 0.104. The average Bonchev–Trinajstić information content (AvgIpc) is 3.86. The standard InChI is InChI=1S/C58H41N/c1-57(2)48-28-12-9-26-47(48)56-46(27-18-32-52(56)57)45-25-11-17-34-55(45)59(54-33-16-10-21-40(54)38-19-4-3-5-20-38)39-35-36-44-43-24-8-15-31-51(43)58(53(44)37-39)49-29-13-6-22-41(49)42-23-7-14-30-50(42)58/h3-37H,1-2H3. The number of nitrogens with zero attached hydrogens (tertiary/aromatic N) is 1. The Labute approximate surface area is 346 Å².